The van der Waals surface area contributed by atoms with E-state index in [0.717, 1.165) is 12.8 Å². The molecular weight excluding hydrogens is 168 g/mol. The van der Waals surface area contributed by atoms with Crippen LogP contribution in [-0.2, 0) is 0 Å². The molecule has 0 heterocycles. The Morgan fingerprint density at radius 1 is 1.54 bits per heavy atom. The average Bonchev–Trinajstić information content (AvgIpc) is 1.95. The van der Waals surface area contributed by atoms with Gasteiger partial charge >= 0.3 is 6.09 Å². The van der Waals surface area contributed by atoms with Gasteiger partial charge in [-0.05, 0) is 18.3 Å². The zero-order chi connectivity index (χ0) is 10.5. The monoisotopic (exact) mass is 188 g/mol. The smallest absolute Gasteiger partial charge is 0.404 e. The molecule has 4 heteroatoms. The average molecular weight is 188 g/mol. The Labute approximate surface area is 79.5 Å². The van der Waals surface area contributed by atoms with Gasteiger partial charge in [0.15, 0.2) is 0 Å². The molecule has 4 N–H and O–H groups in total. The van der Waals surface area contributed by atoms with Crippen molar-refractivity contribution in [2.75, 3.05) is 6.54 Å². The van der Waals surface area contributed by atoms with Gasteiger partial charge in [0.2, 0.25) is 0 Å². The number of carboxylic acid groups (broad SMARTS) is 1. The van der Waals surface area contributed by atoms with Gasteiger partial charge < -0.3 is 16.2 Å². The third kappa shape index (κ3) is 6.40. The number of hydrogen-bond acceptors (Lipinski definition) is 2. The maximum Gasteiger partial charge on any atom is 0.404 e. The molecule has 0 aliphatic carbocycles. The van der Waals surface area contributed by atoms with Crippen molar-refractivity contribution in [1.82, 2.24) is 5.32 Å². The van der Waals surface area contributed by atoms with Crippen molar-refractivity contribution in [3.8, 4) is 0 Å². The zero-order valence-electron chi connectivity index (χ0n) is 8.63. The molecule has 0 spiro atoms. The molecule has 1 amide bonds. The molecule has 0 aliphatic heterocycles. The number of rotatable bonds is 4. The summed E-state index contributed by atoms with van der Waals surface area (Å²) in [4.78, 5) is 10.1. The standard InChI is InChI=1S/C9H20N2O2/c1-9(2,3)7(10)5-4-6-11-8(12)13/h7,11H,4-6,10H2,1-3H3,(H,12,13). The SMILES string of the molecule is CC(C)(C)C(N)CCCNC(=O)O. The molecular formula is C9H20N2O2. The molecule has 0 rings (SSSR count). The predicted molar refractivity (Wildman–Crippen MR) is 52.7 cm³/mol. The molecule has 0 saturated carbocycles. The van der Waals surface area contributed by atoms with Crippen molar-refractivity contribution in [1.29, 1.82) is 0 Å². The van der Waals surface area contributed by atoms with Gasteiger partial charge in [0, 0.05) is 12.6 Å². The highest BCUT2D eigenvalue weighted by molar-refractivity contribution is 5.64. The Hall–Kier alpha value is -0.770. The summed E-state index contributed by atoms with van der Waals surface area (Å²) in [5.41, 5.74) is 5.99. The molecule has 0 bridgehead atoms. The van der Waals surface area contributed by atoms with Crippen molar-refractivity contribution >= 4 is 6.09 Å². The largest absolute Gasteiger partial charge is 0.465 e. The fourth-order valence-electron chi connectivity index (χ4n) is 0.950. The fraction of sp³-hybridized carbons (Fsp3) is 0.889. The Morgan fingerprint density at radius 3 is 2.46 bits per heavy atom. The van der Waals surface area contributed by atoms with Crippen LogP contribution in [0.3, 0.4) is 0 Å². The third-order valence-electron chi connectivity index (χ3n) is 2.08. The van der Waals surface area contributed by atoms with Crippen LogP contribution in [0.2, 0.25) is 0 Å². The van der Waals surface area contributed by atoms with E-state index in [2.05, 4.69) is 26.1 Å². The summed E-state index contributed by atoms with van der Waals surface area (Å²) in [7, 11) is 0. The molecule has 4 nitrogen and oxygen atoms in total. The number of nitrogens with one attached hydrogen (secondary N) is 1. The first-order valence-electron chi connectivity index (χ1n) is 4.56. The van der Waals surface area contributed by atoms with Crippen molar-refractivity contribution in [2.24, 2.45) is 11.1 Å². The highest BCUT2D eigenvalue weighted by Crippen LogP contribution is 2.20. The molecule has 0 saturated heterocycles. The van der Waals surface area contributed by atoms with E-state index in [1.54, 1.807) is 0 Å². The lowest BCUT2D eigenvalue weighted by Gasteiger charge is -2.26. The van der Waals surface area contributed by atoms with E-state index in [0.29, 0.717) is 6.54 Å². The first kappa shape index (κ1) is 12.2. The predicted octanol–water partition coefficient (Wildman–Crippen LogP) is 1.41. The van der Waals surface area contributed by atoms with Crippen LogP contribution < -0.4 is 11.1 Å². The molecule has 78 valence electrons. The van der Waals surface area contributed by atoms with Gasteiger partial charge in [-0.3, -0.25) is 0 Å². The van der Waals surface area contributed by atoms with Crippen molar-refractivity contribution in [3.63, 3.8) is 0 Å². The molecule has 1 atom stereocenters. The van der Waals surface area contributed by atoms with E-state index in [9.17, 15) is 4.79 Å². The van der Waals surface area contributed by atoms with Crippen LogP contribution in [0, 0.1) is 5.41 Å². The van der Waals surface area contributed by atoms with Crippen molar-refractivity contribution in [2.45, 2.75) is 39.7 Å². The molecule has 0 aliphatic rings. The van der Waals surface area contributed by atoms with E-state index in [1.807, 2.05) is 0 Å². The number of carbonyl (C=O) groups is 1. The van der Waals surface area contributed by atoms with E-state index in [-0.39, 0.29) is 11.5 Å². The number of nitrogens with two attached hydrogens (primary N) is 1. The van der Waals surface area contributed by atoms with Crippen LogP contribution in [-0.4, -0.2) is 23.8 Å². The van der Waals surface area contributed by atoms with Gasteiger partial charge in [-0.15, -0.1) is 0 Å². The molecule has 13 heavy (non-hydrogen) atoms. The Morgan fingerprint density at radius 2 is 2.08 bits per heavy atom. The fourth-order valence-corrected chi connectivity index (χ4v) is 0.950. The Balaban J connectivity index is 3.49. The third-order valence-corrected chi connectivity index (χ3v) is 2.08. The van der Waals surface area contributed by atoms with Crippen LogP contribution >= 0.6 is 0 Å². The number of hydrogen-bond donors (Lipinski definition) is 3. The van der Waals surface area contributed by atoms with Gasteiger partial charge in [0.25, 0.3) is 0 Å². The number of amides is 1. The second-order valence-corrected chi connectivity index (χ2v) is 4.35. The molecule has 0 radical (unpaired) electrons. The lowest BCUT2D eigenvalue weighted by atomic mass is 9.85. The van der Waals surface area contributed by atoms with Crippen molar-refractivity contribution in [3.05, 3.63) is 0 Å². The molecule has 0 aromatic carbocycles. The minimum Gasteiger partial charge on any atom is -0.465 e. The van der Waals surface area contributed by atoms with E-state index in [1.165, 1.54) is 0 Å². The van der Waals surface area contributed by atoms with Crippen LogP contribution in [0.1, 0.15) is 33.6 Å². The summed E-state index contributed by atoms with van der Waals surface area (Å²) < 4.78 is 0. The van der Waals surface area contributed by atoms with Gasteiger partial charge in [0.05, 0.1) is 0 Å². The second-order valence-electron chi connectivity index (χ2n) is 4.35. The maximum atomic E-state index is 10.1. The van der Waals surface area contributed by atoms with E-state index < -0.39 is 6.09 Å². The first-order chi connectivity index (χ1) is 5.84. The van der Waals surface area contributed by atoms with E-state index in [4.69, 9.17) is 10.8 Å². The molecule has 1 unspecified atom stereocenters. The molecule has 0 aromatic heterocycles. The topological polar surface area (TPSA) is 75.3 Å². The minimum absolute atomic E-state index is 0.100. The van der Waals surface area contributed by atoms with Crippen LogP contribution in [0.25, 0.3) is 0 Å². The van der Waals surface area contributed by atoms with Gasteiger partial charge in [0.1, 0.15) is 0 Å². The van der Waals surface area contributed by atoms with Gasteiger partial charge in [-0.25, -0.2) is 4.79 Å². The second kappa shape index (κ2) is 5.07. The summed E-state index contributed by atoms with van der Waals surface area (Å²) in [6, 6.07) is 0.128. The summed E-state index contributed by atoms with van der Waals surface area (Å²) >= 11 is 0. The summed E-state index contributed by atoms with van der Waals surface area (Å²) in [5, 5.41) is 10.6. The normalized spacial score (nSPS) is 13.8. The molecule has 0 fully saturated rings. The Kier molecular flexibility index (Phi) is 4.77. The highest BCUT2D eigenvalue weighted by Gasteiger charge is 2.19. The first-order valence-corrected chi connectivity index (χ1v) is 4.56. The summed E-state index contributed by atoms with van der Waals surface area (Å²) in [5.74, 6) is 0. The Bertz CT molecular complexity index is 163. The summed E-state index contributed by atoms with van der Waals surface area (Å²) in [6.45, 7) is 6.74. The minimum atomic E-state index is -0.968. The van der Waals surface area contributed by atoms with Crippen LogP contribution in [0.5, 0.6) is 0 Å². The van der Waals surface area contributed by atoms with Crippen LogP contribution in [0.15, 0.2) is 0 Å². The lowest BCUT2D eigenvalue weighted by Crippen LogP contribution is -2.35. The zero-order valence-corrected chi connectivity index (χ0v) is 8.63. The lowest BCUT2D eigenvalue weighted by molar-refractivity contribution is 0.194. The van der Waals surface area contributed by atoms with Gasteiger partial charge in [-0.1, -0.05) is 20.8 Å². The van der Waals surface area contributed by atoms with Crippen molar-refractivity contribution < 1.29 is 9.90 Å². The quantitative estimate of drug-likeness (QED) is 0.584. The molecule has 0 aromatic rings. The summed E-state index contributed by atoms with van der Waals surface area (Å²) in [6.07, 6.45) is 0.679. The van der Waals surface area contributed by atoms with Crippen LogP contribution in [0.4, 0.5) is 4.79 Å². The maximum absolute atomic E-state index is 10.1. The van der Waals surface area contributed by atoms with E-state index >= 15 is 0 Å². The highest BCUT2D eigenvalue weighted by atomic mass is 16.4. The van der Waals surface area contributed by atoms with Gasteiger partial charge in [-0.2, -0.15) is 0 Å².